The fourth-order valence-corrected chi connectivity index (χ4v) is 2.83. The minimum atomic E-state index is 0.0407. The third kappa shape index (κ3) is 4.06. The molecule has 3 unspecified atom stereocenters. The van der Waals surface area contributed by atoms with Gasteiger partial charge in [-0.2, -0.15) is 0 Å². The summed E-state index contributed by atoms with van der Waals surface area (Å²) in [6, 6.07) is 0.726. The Bertz CT molecular complexity index is 203. The summed E-state index contributed by atoms with van der Waals surface area (Å²) < 4.78 is 5.50. The van der Waals surface area contributed by atoms with Crippen LogP contribution >= 0.6 is 0 Å². The lowest BCUT2D eigenvalue weighted by atomic mass is 9.75. The highest BCUT2D eigenvalue weighted by Gasteiger charge is 2.29. The highest BCUT2D eigenvalue weighted by molar-refractivity contribution is 4.84. The Kier molecular flexibility index (Phi) is 5.26. The Morgan fingerprint density at radius 2 is 2.00 bits per heavy atom. The van der Waals surface area contributed by atoms with E-state index in [0.29, 0.717) is 0 Å². The van der Waals surface area contributed by atoms with Crippen molar-refractivity contribution < 1.29 is 4.74 Å². The Balaban J connectivity index is 2.43. The molecule has 1 aliphatic rings. The van der Waals surface area contributed by atoms with Crippen molar-refractivity contribution in [1.29, 1.82) is 0 Å². The SMILES string of the molecule is CNC1CCC(C)CC1CCC(C)(C)OC. The maximum absolute atomic E-state index is 5.50. The molecule has 96 valence electrons. The predicted molar refractivity (Wildman–Crippen MR) is 69.7 cm³/mol. The zero-order chi connectivity index (χ0) is 12.2. The maximum Gasteiger partial charge on any atom is 0.0622 e. The highest BCUT2D eigenvalue weighted by atomic mass is 16.5. The van der Waals surface area contributed by atoms with Crippen LogP contribution in [0.5, 0.6) is 0 Å². The molecule has 0 saturated heterocycles. The second-order valence-electron chi connectivity index (χ2n) is 6.08. The highest BCUT2D eigenvalue weighted by Crippen LogP contribution is 2.33. The summed E-state index contributed by atoms with van der Waals surface area (Å²) in [5.74, 6) is 1.74. The van der Waals surface area contributed by atoms with E-state index < -0.39 is 0 Å². The normalized spacial score (nSPS) is 31.7. The molecule has 16 heavy (non-hydrogen) atoms. The molecule has 1 fully saturated rings. The molecule has 1 N–H and O–H groups in total. The Morgan fingerprint density at radius 1 is 1.31 bits per heavy atom. The molecule has 2 heteroatoms. The smallest absolute Gasteiger partial charge is 0.0622 e. The quantitative estimate of drug-likeness (QED) is 0.778. The van der Waals surface area contributed by atoms with Crippen LogP contribution < -0.4 is 5.32 Å². The van der Waals surface area contributed by atoms with E-state index in [9.17, 15) is 0 Å². The van der Waals surface area contributed by atoms with Gasteiger partial charge in [-0.25, -0.2) is 0 Å². The average Bonchev–Trinajstić information content (AvgIpc) is 2.27. The number of methoxy groups -OCH3 is 1. The number of nitrogens with one attached hydrogen (secondary N) is 1. The zero-order valence-corrected chi connectivity index (χ0v) is 11.7. The van der Waals surface area contributed by atoms with Crippen molar-refractivity contribution in [3.63, 3.8) is 0 Å². The van der Waals surface area contributed by atoms with Gasteiger partial charge in [-0.05, 0) is 64.8 Å². The van der Waals surface area contributed by atoms with E-state index in [0.717, 1.165) is 17.9 Å². The molecule has 0 radical (unpaired) electrons. The minimum absolute atomic E-state index is 0.0407. The van der Waals surface area contributed by atoms with E-state index in [1.807, 2.05) is 7.11 Å². The van der Waals surface area contributed by atoms with Gasteiger partial charge in [0.15, 0.2) is 0 Å². The van der Waals surface area contributed by atoms with Crippen molar-refractivity contribution in [2.45, 2.75) is 64.5 Å². The molecule has 0 spiro atoms. The van der Waals surface area contributed by atoms with Crippen molar-refractivity contribution in [2.24, 2.45) is 11.8 Å². The van der Waals surface area contributed by atoms with Gasteiger partial charge in [-0.3, -0.25) is 0 Å². The fourth-order valence-electron chi connectivity index (χ4n) is 2.83. The summed E-state index contributed by atoms with van der Waals surface area (Å²) in [4.78, 5) is 0. The van der Waals surface area contributed by atoms with Crippen LogP contribution in [0.25, 0.3) is 0 Å². The fraction of sp³-hybridized carbons (Fsp3) is 1.00. The molecule has 0 aromatic rings. The monoisotopic (exact) mass is 227 g/mol. The molecule has 0 aromatic carbocycles. The molecular formula is C14H29NO. The standard InChI is InChI=1S/C14H29NO/c1-11-6-7-13(15-4)12(10-11)8-9-14(2,3)16-5/h11-13,15H,6-10H2,1-5H3. The minimum Gasteiger partial charge on any atom is -0.379 e. The van der Waals surface area contributed by atoms with Gasteiger partial charge in [0.25, 0.3) is 0 Å². The molecule has 0 bridgehead atoms. The Hall–Kier alpha value is -0.0800. The summed E-state index contributed by atoms with van der Waals surface area (Å²) in [5.41, 5.74) is 0.0407. The molecule has 0 aromatic heterocycles. The molecule has 1 aliphatic carbocycles. The lowest BCUT2D eigenvalue weighted by molar-refractivity contribution is 0.00666. The van der Waals surface area contributed by atoms with E-state index >= 15 is 0 Å². The number of hydrogen-bond donors (Lipinski definition) is 1. The number of hydrogen-bond acceptors (Lipinski definition) is 2. The van der Waals surface area contributed by atoms with Crippen LogP contribution in [0.2, 0.25) is 0 Å². The molecule has 0 amide bonds. The van der Waals surface area contributed by atoms with Gasteiger partial charge in [0.2, 0.25) is 0 Å². The zero-order valence-electron chi connectivity index (χ0n) is 11.7. The first-order valence-electron chi connectivity index (χ1n) is 6.71. The first kappa shape index (κ1) is 14.0. The molecule has 1 rings (SSSR count). The van der Waals surface area contributed by atoms with Crippen LogP contribution in [-0.2, 0) is 4.74 Å². The largest absolute Gasteiger partial charge is 0.379 e. The van der Waals surface area contributed by atoms with E-state index in [1.165, 1.54) is 32.1 Å². The van der Waals surface area contributed by atoms with Crippen molar-refractivity contribution in [3.8, 4) is 0 Å². The summed E-state index contributed by atoms with van der Waals surface area (Å²) in [6.07, 6.45) is 6.56. The van der Waals surface area contributed by atoms with Gasteiger partial charge in [-0.15, -0.1) is 0 Å². The van der Waals surface area contributed by atoms with E-state index in [-0.39, 0.29) is 5.60 Å². The van der Waals surface area contributed by atoms with Crippen LogP contribution in [0, 0.1) is 11.8 Å². The molecule has 2 nitrogen and oxygen atoms in total. The van der Waals surface area contributed by atoms with Gasteiger partial charge in [0, 0.05) is 13.2 Å². The molecule has 1 saturated carbocycles. The van der Waals surface area contributed by atoms with E-state index in [2.05, 4.69) is 33.1 Å². The van der Waals surface area contributed by atoms with Crippen LogP contribution in [-0.4, -0.2) is 25.8 Å². The molecule has 3 atom stereocenters. The van der Waals surface area contributed by atoms with E-state index in [1.54, 1.807) is 0 Å². The van der Waals surface area contributed by atoms with Crippen LogP contribution in [0.4, 0.5) is 0 Å². The molecule has 0 aliphatic heterocycles. The van der Waals surface area contributed by atoms with Gasteiger partial charge in [0.05, 0.1) is 5.60 Å². The summed E-state index contributed by atoms with van der Waals surface area (Å²) in [7, 11) is 3.92. The van der Waals surface area contributed by atoms with Gasteiger partial charge < -0.3 is 10.1 Å². The summed E-state index contributed by atoms with van der Waals surface area (Å²) in [5, 5.41) is 3.49. The summed E-state index contributed by atoms with van der Waals surface area (Å²) in [6.45, 7) is 6.77. The number of ether oxygens (including phenoxy) is 1. The maximum atomic E-state index is 5.50. The van der Waals surface area contributed by atoms with Gasteiger partial charge in [-0.1, -0.05) is 6.92 Å². The molecular weight excluding hydrogens is 198 g/mol. The Morgan fingerprint density at radius 3 is 2.56 bits per heavy atom. The van der Waals surface area contributed by atoms with Gasteiger partial charge in [0.1, 0.15) is 0 Å². The predicted octanol–water partition coefficient (Wildman–Crippen LogP) is 3.22. The van der Waals surface area contributed by atoms with Crippen molar-refractivity contribution in [2.75, 3.05) is 14.2 Å². The molecule has 0 heterocycles. The third-order valence-electron chi connectivity index (χ3n) is 4.29. The lowest BCUT2D eigenvalue weighted by Crippen LogP contribution is -2.39. The first-order valence-corrected chi connectivity index (χ1v) is 6.71. The third-order valence-corrected chi connectivity index (χ3v) is 4.29. The summed E-state index contributed by atoms with van der Waals surface area (Å²) >= 11 is 0. The topological polar surface area (TPSA) is 21.3 Å². The van der Waals surface area contributed by atoms with Crippen LogP contribution in [0.3, 0.4) is 0 Å². The number of rotatable bonds is 5. The van der Waals surface area contributed by atoms with E-state index in [4.69, 9.17) is 4.74 Å². The van der Waals surface area contributed by atoms with Crippen LogP contribution in [0.1, 0.15) is 52.9 Å². The van der Waals surface area contributed by atoms with Crippen LogP contribution in [0.15, 0.2) is 0 Å². The lowest BCUT2D eigenvalue weighted by Gasteiger charge is -2.36. The first-order chi connectivity index (χ1) is 7.48. The Labute approximate surface area is 101 Å². The van der Waals surface area contributed by atoms with Crippen molar-refractivity contribution in [1.82, 2.24) is 5.32 Å². The second-order valence-corrected chi connectivity index (χ2v) is 6.08. The van der Waals surface area contributed by atoms with Gasteiger partial charge >= 0.3 is 0 Å². The average molecular weight is 227 g/mol. The van der Waals surface area contributed by atoms with Crippen molar-refractivity contribution >= 4 is 0 Å². The second kappa shape index (κ2) is 6.02. The van der Waals surface area contributed by atoms with Crippen molar-refractivity contribution in [3.05, 3.63) is 0 Å².